The van der Waals surface area contributed by atoms with Gasteiger partial charge in [0.1, 0.15) is 16.7 Å². The van der Waals surface area contributed by atoms with Crippen molar-refractivity contribution < 1.29 is 22.7 Å². The van der Waals surface area contributed by atoms with E-state index in [1.807, 2.05) is 0 Å². The number of primary amides is 1. The van der Waals surface area contributed by atoms with Gasteiger partial charge in [-0.1, -0.05) is 0 Å². The predicted octanol–water partition coefficient (Wildman–Crippen LogP) is 0.570. The van der Waals surface area contributed by atoms with E-state index < -0.39 is 27.9 Å². The minimum atomic E-state index is -3.74. The third kappa shape index (κ3) is 3.28. The Hall–Kier alpha value is -2.13. The lowest BCUT2D eigenvalue weighted by Crippen LogP contribution is -2.43. The highest BCUT2D eigenvalue weighted by molar-refractivity contribution is 7.89. The first kappa shape index (κ1) is 18.7. The zero-order chi connectivity index (χ0) is 18.9. The second kappa shape index (κ2) is 7.24. The highest BCUT2D eigenvalue weighted by Crippen LogP contribution is 2.31. The number of hydrogen-bond donors (Lipinski definition) is 1. The van der Waals surface area contributed by atoms with Gasteiger partial charge >= 0.3 is 0 Å². The molecule has 1 aromatic rings. The lowest BCUT2D eigenvalue weighted by atomic mass is 10.1. The number of carbonyl (C=O) groups excluding carboxylic acids is 2. The predicted molar refractivity (Wildman–Crippen MR) is 94.2 cm³/mol. The zero-order valence-corrected chi connectivity index (χ0v) is 15.5. The van der Waals surface area contributed by atoms with E-state index in [1.165, 1.54) is 34.5 Å². The molecule has 0 saturated carbocycles. The molecule has 2 amide bonds. The molecule has 0 radical (unpaired) electrons. The van der Waals surface area contributed by atoms with E-state index in [1.54, 1.807) is 0 Å². The number of hydrogen-bond acceptors (Lipinski definition) is 5. The maximum absolute atomic E-state index is 12.9. The maximum Gasteiger partial charge on any atom is 0.254 e. The molecule has 2 aliphatic heterocycles. The largest absolute Gasteiger partial charge is 0.495 e. The van der Waals surface area contributed by atoms with Crippen molar-refractivity contribution in [3.8, 4) is 5.75 Å². The van der Waals surface area contributed by atoms with Crippen LogP contribution in [0.2, 0.25) is 0 Å². The molecular formula is C17H23N3O5S. The van der Waals surface area contributed by atoms with Gasteiger partial charge < -0.3 is 15.4 Å². The summed E-state index contributed by atoms with van der Waals surface area (Å²) in [5, 5.41) is 0. The molecule has 2 N–H and O–H groups in total. The number of sulfonamides is 1. The van der Waals surface area contributed by atoms with Crippen molar-refractivity contribution in [1.82, 2.24) is 9.21 Å². The average molecular weight is 381 g/mol. The summed E-state index contributed by atoms with van der Waals surface area (Å²) in [4.78, 5) is 25.8. The van der Waals surface area contributed by atoms with Crippen molar-refractivity contribution >= 4 is 21.8 Å². The molecule has 9 heteroatoms. The van der Waals surface area contributed by atoms with Gasteiger partial charge in [0, 0.05) is 25.2 Å². The topological polar surface area (TPSA) is 110 Å². The van der Waals surface area contributed by atoms with Gasteiger partial charge in [-0.15, -0.1) is 0 Å². The van der Waals surface area contributed by atoms with Crippen LogP contribution >= 0.6 is 0 Å². The van der Waals surface area contributed by atoms with Crippen LogP contribution in [0.1, 0.15) is 36.0 Å². The zero-order valence-electron chi connectivity index (χ0n) is 14.7. The van der Waals surface area contributed by atoms with Crippen LogP contribution in [0, 0.1) is 0 Å². The van der Waals surface area contributed by atoms with Crippen LogP contribution in [0.4, 0.5) is 0 Å². The van der Waals surface area contributed by atoms with Gasteiger partial charge in [0.05, 0.1) is 7.11 Å². The number of benzene rings is 1. The van der Waals surface area contributed by atoms with Gasteiger partial charge in [0.25, 0.3) is 5.91 Å². The highest BCUT2D eigenvalue weighted by Gasteiger charge is 2.35. The quantitative estimate of drug-likeness (QED) is 0.802. The Bertz CT molecular complexity index is 818. The summed E-state index contributed by atoms with van der Waals surface area (Å²) in [6.45, 7) is 1.34. The summed E-state index contributed by atoms with van der Waals surface area (Å²) in [7, 11) is -2.35. The van der Waals surface area contributed by atoms with Gasteiger partial charge in [-0.25, -0.2) is 8.42 Å². The van der Waals surface area contributed by atoms with E-state index in [9.17, 15) is 18.0 Å². The van der Waals surface area contributed by atoms with E-state index in [-0.39, 0.29) is 16.2 Å². The van der Waals surface area contributed by atoms with Gasteiger partial charge in [0.15, 0.2) is 0 Å². The Morgan fingerprint density at radius 1 is 1.15 bits per heavy atom. The molecule has 0 aliphatic carbocycles. The van der Waals surface area contributed by atoms with Crippen LogP contribution in [0.15, 0.2) is 23.1 Å². The first-order chi connectivity index (χ1) is 12.4. The van der Waals surface area contributed by atoms with Gasteiger partial charge in [-0.3, -0.25) is 9.59 Å². The van der Waals surface area contributed by atoms with Crippen LogP contribution in [-0.2, 0) is 14.8 Å². The Morgan fingerprint density at radius 2 is 1.85 bits per heavy atom. The number of methoxy groups -OCH3 is 1. The molecule has 2 aliphatic rings. The van der Waals surface area contributed by atoms with Crippen molar-refractivity contribution in [2.24, 2.45) is 5.73 Å². The molecule has 3 rings (SSSR count). The second-order valence-corrected chi connectivity index (χ2v) is 8.44. The fourth-order valence-corrected chi connectivity index (χ4v) is 5.25. The van der Waals surface area contributed by atoms with Crippen molar-refractivity contribution in [1.29, 1.82) is 0 Å². The minimum absolute atomic E-state index is 0.0254. The summed E-state index contributed by atoms with van der Waals surface area (Å²) in [6, 6.07) is 3.68. The average Bonchev–Trinajstić information content (AvgIpc) is 3.32. The third-order valence-electron chi connectivity index (χ3n) is 4.94. The van der Waals surface area contributed by atoms with Crippen molar-refractivity contribution in [3.05, 3.63) is 23.8 Å². The number of nitrogens with two attached hydrogens (primary N) is 1. The molecule has 0 spiro atoms. The van der Waals surface area contributed by atoms with Gasteiger partial charge in [-0.2, -0.15) is 4.31 Å². The summed E-state index contributed by atoms with van der Waals surface area (Å²) >= 11 is 0. The molecule has 2 heterocycles. The van der Waals surface area contributed by atoms with E-state index in [4.69, 9.17) is 10.5 Å². The lowest BCUT2D eigenvalue weighted by Gasteiger charge is -2.23. The highest BCUT2D eigenvalue weighted by atomic mass is 32.2. The molecule has 142 valence electrons. The first-order valence-electron chi connectivity index (χ1n) is 8.64. The van der Waals surface area contributed by atoms with Gasteiger partial charge in [-0.05, 0) is 43.9 Å². The van der Waals surface area contributed by atoms with Crippen LogP contribution < -0.4 is 10.5 Å². The van der Waals surface area contributed by atoms with E-state index in [0.29, 0.717) is 32.5 Å². The summed E-state index contributed by atoms with van der Waals surface area (Å²) in [5.41, 5.74) is 5.58. The molecule has 0 unspecified atom stereocenters. The molecule has 2 fully saturated rings. The maximum atomic E-state index is 12.9. The van der Waals surface area contributed by atoms with E-state index in [0.717, 1.165) is 12.8 Å². The number of carbonyl (C=O) groups is 2. The fourth-order valence-electron chi connectivity index (χ4n) is 3.55. The number of likely N-dealkylation sites (tertiary alicyclic amines) is 1. The number of ether oxygens (including phenoxy) is 1. The fraction of sp³-hybridized carbons (Fsp3) is 0.529. The van der Waals surface area contributed by atoms with E-state index >= 15 is 0 Å². The molecule has 8 nitrogen and oxygen atoms in total. The summed E-state index contributed by atoms with van der Waals surface area (Å²) in [5.74, 6) is -0.748. The minimum Gasteiger partial charge on any atom is -0.495 e. The molecule has 1 aromatic carbocycles. The molecule has 0 bridgehead atoms. The molecule has 2 saturated heterocycles. The number of nitrogens with zero attached hydrogens (tertiary/aromatic N) is 2. The Morgan fingerprint density at radius 3 is 2.46 bits per heavy atom. The molecule has 0 aromatic heterocycles. The summed E-state index contributed by atoms with van der Waals surface area (Å²) < 4.78 is 32.5. The van der Waals surface area contributed by atoms with Crippen LogP contribution in [-0.4, -0.2) is 62.2 Å². The normalized spacial score (nSPS) is 21.1. The van der Waals surface area contributed by atoms with Crippen LogP contribution in [0.3, 0.4) is 0 Å². The number of rotatable bonds is 5. The SMILES string of the molecule is COc1ccc(C(=O)N2CCC[C@@H]2C(N)=O)cc1S(=O)(=O)N1CCCC1. The Kier molecular flexibility index (Phi) is 5.19. The number of amides is 2. The van der Waals surface area contributed by atoms with Gasteiger partial charge in [0.2, 0.25) is 15.9 Å². The Balaban J connectivity index is 1.97. The first-order valence-corrected chi connectivity index (χ1v) is 10.1. The summed E-state index contributed by atoms with van der Waals surface area (Å²) in [6.07, 6.45) is 2.84. The third-order valence-corrected chi connectivity index (χ3v) is 6.86. The smallest absolute Gasteiger partial charge is 0.254 e. The monoisotopic (exact) mass is 381 g/mol. The van der Waals surface area contributed by atoms with Crippen LogP contribution in [0.5, 0.6) is 5.75 Å². The lowest BCUT2D eigenvalue weighted by molar-refractivity contribution is -0.121. The second-order valence-electron chi connectivity index (χ2n) is 6.54. The molecular weight excluding hydrogens is 358 g/mol. The van der Waals surface area contributed by atoms with Crippen molar-refractivity contribution in [2.45, 2.75) is 36.6 Å². The van der Waals surface area contributed by atoms with Crippen molar-refractivity contribution in [2.75, 3.05) is 26.7 Å². The van der Waals surface area contributed by atoms with Crippen LogP contribution in [0.25, 0.3) is 0 Å². The molecule has 26 heavy (non-hydrogen) atoms. The standard InChI is InChI=1S/C17H23N3O5S/c1-25-14-7-6-12(17(22)20-10-4-5-13(20)16(18)21)11-15(14)26(23,24)19-8-2-3-9-19/h6-7,11,13H,2-5,8-10H2,1H3,(H2,18,21)/t13-/m1/s1. The Labute approximate surface area is 152 Å². The van der Waals surface area contributed by atoms with E-state index in [2.05, 4.69) is 0 Å². The van der Waals surface area contributed by atoms with Crippen molar-refractivity contribution in [3.63, 3.8) is 0 Å². The molecule has 1 atom stereocenters.